The van der Waals surface area contributed by atoms with Gasteiger partial charge in [0, 0.05) is 0 Å². The molecule has 0 radical (unpaired) electrons. The maximum Gasteiger partial charge on any atom is 0.336 e. The van der Waals surface area contributed by atoms with E-state index in [4.69, 9.17) is 8.92 Å². The molecule has 2 rings (SSSR count). The summed E-state index contributed by atoms with van der Waals surface area (Å²) in [4.78, 5) is 12.1. The van der Waals surface area contributed by atoms with Crippen molar-refractivity contribution in [1.29, 1.82) is 0 Å². The van der Waals surface area contributed by atoms with Gasteiger partial charge in [-0.3, -0.25) is 8.98 Å². The van der Waals surface area contributed by atoms with Gasteiger partial charge in [0.1, 0.15) is 5.92 Å². The summed E-state index contributed by atoms with van der Waals surface area (Å²) in [6.07, 6.45) is -0.787. The zero-order valence-corrected chi connectivity index (χ0v) is 12.1. The molecular weight excluding hydrogens is 282 g/mol. The van der Waals surface area contributed by atoms with Crippen LogP contribution in [0.4, 0.5) is 0 Å². The van der Waals surface area contributed by atoms with Crippen LogP contribution in [0.3, 0.4) is 0 Å². The van der Waals surface area contributed by atoms with Crippen molar-refractivity contribution >= 4 is 16.3 Å². The molecule has 1 aliphatic heterocycles. The highest BCUT2D eigenvalue weighted by atomic mass is 32.2. The Morgan fingerprint density at radius 3 is 2.60 bits per heavy atom. The van der Waals surface area contributed by atoms with E-state index in [1.165, 1.54) is 0 Å². The minimum absolute atomic E-state index is 0.232. The third-order valence-electron chi connectivity index (χ3n) is 3.13. The number of carbonyl (C=O) groups is 1. The van der Waals surface area contributed by atoms with E-state index < -0.39 is 34.3 Å². The minimum atomic E-state index is -3.87. The Morgan fingerprint density at radius 1 is 1.35 bits per heavy atom. The fraction of sp³-hybridized carbons (Fsp3) is 0.462. The molecule has 1 aromatic carbocycles. The summed E-state index contributed by atoms with van der Waals surface area (Å²) in [6, 6.07) is 8.22. The SMILES string of the molecule is CCOC(=O)[C@H]1[C@@H](c2ccccc2)NS(=O)(=O)O[C@@H]1C. The first-order valence-corrected chi connectivity index (χ1v) is 7.77. The minimum Gasteiger partial charge on any atom is -0.466 e. The van der Waals surface area contributed by atoms with E-state index in [1.54, 1.807) is 38.1 Å². The molecule has 0 saturated carbocycles. The summed E-state index contributed by atoms with van der Waals surface area (Å²) in [6.45, 7) is 3.49. The Hall–Kier alpha value is -1.44. The molecule has 0 amide bonds. The van der Waals surface area contributed by atoms with Crippen molar-refractivity contribution < 1.29 is 22.1 Å². The lowest BCUT2D eigenvalue weighted by atomic mass is 9.90. The van der Waals surface area contributed by atoms with Crippen LogP contribution < -0.4 is 4.72 Å². The van der Waals surface area contributed by atoms with Crippen LogP contribution in [0.15, 0.2) is 30.3 Å². The van der Waals surface area contributed by atoms with Crippen molar-refractivity contribution in [2.45, 2.75) is 26.0 Å². The molecule has 1 fully saturated rings. The van der Waals surface area contributed by atoms with Gasteiger partial charge in [-0.05, 0) is 19.4 Å². The zero-order valence-electron chi connectivity index (χ0n) is 11.3. The van der Waals surface area contributed by atoms with Gasteiger partial charge < -0.3 is 4.74 Å². The topological polar surface area (TPSA) is 81.7 Å². The van der Waals surface area contributed by atoms with Crippen LogP contribution in [-0.2, 0) is 24.0 Å². The van der Waals surface area contributed by atoms with Crippen LogP contribution in [-0.4, -0.2) is 27.1 Å². The predicted octanol–water partition coefficient (Wildman–Crippen LogP) is 1.16. The number of rotatable bonds is 3. The first-order valence-electron chi connectivity index (χ1n) is 6.36. The molecule has 0 unspecified atom stereocenters. The molecule has 0 aromatic heterocycles. The molecular formula is C13H17NO5S. The summed E-state index contributed by atoms with van der Waals surface area (Å²) < 4.78 is 35.6. The van der Waals surface area contributed by atoms with Gasteiger partial charge >= 0.3 is 16.3 Å². The fourth-order valence-corrected chi connectivity index (χ4v) is 3.46. The lowest BCUT2D eigenvalue weighted by molar-refractivity contribution is -0.153. The first-order chi connectivity index (χ1) is 9.44. The van der Waals surface area contributed by atoms with Crippen LogP contribution in [0.2, 0.25) is 0 Å². The molecule has 0 bridgehead atoms. The number of hydrogen-bond donors (Lipinski definition) is 1. The summed E-state index contributed by atoms with van der Waals surface area (Å²) in [7, 11) is -3.87. The van der Waals surface area contributed by atoms with Crippen molar-refractivity contribution in [3.63, 3.8) is 0 Å². The smallest absolute Gasteiger partial charge is 0.336 e. The molecule has 1 N–H and O–H groups in total. The Balaban J connectivity index is 2.38. The standard InChI is InChI=1S/C13H17NO5S/c1-3-18-13(15)11-9(2)19-20(16,17)14-12(11)10-7-5-4-6-8-10/h4-9,11-12,14H,3H2,1-2H3/t9-,11-,12-/m1/s1. The van der Waals surface area contributed by atoms with Gasteiger partial charge in [0.15, 0.2) is 0 Å². The van der Waals surface area contributed by atoms with E-state index in [-0.39, 0.29) is 6.61 Å². The van der Waals surface area contributed by atoms with E-state index >= 15 is 0 Å². The van der Waals surface area contributed by atoms with Gasteiger partial charge in [0.05, 0.1) is 18.8 Å². The molecule has 0 aliphatic carbocycles. The van der Waals surface area contributed by atoms with Crippen LogP contribution in [0.25, 0.3) is 0 Å². The zero-order chi connectivity index (χ0) is 14.8. The highest BCUT2D eigenvalue weighted by molar-refractivity contribution is 7.84. The highest BCUT2D eigenvalue weighted by Crippen LogP contribution is 2.32. The molecule has 1 saturated heterocycles. The lowest BCUT2D eigenvalue weighted by Gasteiger charge is -2.34. The molecule has 1 heterocycles. The molecule has 7 heteroatoms. The fourth-order valence-electron chi connectivity index (χ4n) is 2.29. The second-order valence-corrected chi connectivity index (χ2v) is 5.88. The second kappa shape index (κ2) is 5.90. The third-order valence-corrected chi connectivity index (χ3v) is 4.23. The summed E-state index contributed by atoms with van der Waals surface area (Å²) >= 11 is 0. The van der Waals surface area contributed by atoms with Gasteiger partial charge in [-0.2, -0.15) is 13.1 Å². The van der Waals surface area contributed by atoms with Crippen LogP contribution in [0.1, 0.15) is 25.5 Å². The van der Waals surface area contributed by atoms with Crippen LogP contribution in [0, 0.1) is 5.92 Å². The maximum absolute atomic E-state index is 12.1. The van der Waals surface area contributed by atoms with Crippen molar-refractivity contribution in [3.8, 4) is 0 Å². The van der Waals surface area contributed by atoms with Crippen molar-refractivity contribution in [1.82, 2.24) is 4.72 Å². The van der Waals surface area contributed by atoms with E-state index in [9.17, 15) is 13.2 Å². The van der Waals surface area contributed by atoms with Crippen molar-refractivity contribution in [3.05, 3.63) is 35.9 Å². The summed E-state index contributed by atoms with van der Waals surface area (Å²) in [5, 5.41) is 0. The number of ether oxygens (including phenoxy) is 1. The van der Waals surface area contributed by atoms with Gasteiger partial charge in [-0.15, -0.1) is 0 Å². The molecule has 6 nitrogen and oxygen atoms in total. The van der Waals surface area contributed by atoms with E-state index in [2.05, 4.69) is 4.72 Å². The number of carbonyl (C=O) groups excluding carboxylic acids is 1. The maximum atomic E-state index is 12.1. The van der Waals surface area contributed by atoms with Gasteiger partial charge in [-0.1, -0.05) is 30.3 Å². The largest absolute Gasteiger partial charge is 0.466 e. The number of esters is 1. The average molecular weight is 299 g/mol. The molecule has 110 valence electrons. The van der Waals surface area contributed by atoms with Gasteiger partial charge in [-0.25, -0.2) is 0 Å². The number of benzene rings is 1. The van der Waals surface area contributed by atoms with E-state index in [0.717, 1.165) is 0 Å². The molecule has 1 aromatic rings. The first kappa shape index (κ1) is 15.0. The lowest BCUT2D eigenvalue weighted by Crippen LogP contribution is -2.50. The third kappa shape index (κ3) is 3.17. The summed E-state index contributed by atoms with van der Waals surface area (Å²) in [5.41, 5.74) is 0.698. The Morgan fingerprint density at radius 2 is 2.00 bits per heavy atom. The summed E-state index contributed by atoms with van der Waals surface area (Å²) in [5.74, 6) is -1.20. The normalized spacial score (nSPS) is 28.8. The Labute approximate surface area is 118 Å². The van der Waals surface area contributed by atoms with E-state index in [0.29, 0.717) is 5.56 Å². The monoisotopic (exact) mass is 299 g/mol. The molecule has 3 atom stereocenters. The average Bonchev–Trinajstić information content (AvgIpc) is 2.38. The van der Waals surface area contributed by atoms with E-state index in [1.807, 2.05) is 6.07 Å². The van der Waals surface area contributed by atoms with Crippen molar-refractivity contribution in [2.24, 2.45) is 5.92 Å². The van der Waals surface area contributed by atoms with Gasteiger partial charge in [0.25, 0.3) is 0 Å². The molecule has 0 spiro atoms. The number of hydrogen-bond acceptors (Lipinski definition) is 5. The Bertz CT molecular complexity index is 572. The van der Waals surface area contributed by atoms with Crippen molar-refractivity contribution in [2.75, 3.05) is 6.61 Å². The number of nitrogens with one attached hydrogen (secondary N) is 1. The van der Waals surface area contributed by atoms with Crippen LogP contribution >= 0.6 is 0 Å². The highest BCUT2D eigenvalue weighted by Gasteiger charge is 2.44. The van der Waals surface area contributed by atoms with Crippen LogP contribution in [0.5, 0.6) is 0 Å². The molecule has 20 heavy (non-hydrogen) atoms. The predicted molar refractivity (Wildman–Crippen MR) is 71.9 cm³/mol. The van der Waals surface area contributed by atoms with Gasteiger partial charge in [0.2, 0.25) is 0 Å². The Kier molecular flexibility index (Phi) is 4.42. The quantitative estimate of drug-likeness (QED) is 0.847. The molecule has 1 aliphatic rings. The second-order valence-electron chi connectivity index (χ2n) is 4.54.